The number of aromatic hydroxyl groups is 1. The Hall–Kier alpha value is -3.54. The number of H-pyrrole nitrogens is 1. The monoisotopic (exact) mass is 445 g/mol. The number of phenolic OH excluding ortho intramolecular Hbond substituents is 1. The van der Waals surface area contributed by atoms with Gasteiger partial charge >= 0.3 is 0 Å². The zero-order valence-corrected chi connectivity index (χ0v) is 19.7. The van der Waals surface area contributed by atoms with Crippen molar-refractivity contribution in [1.82, 2.24) is 15.1 Å². The second-order valence-corrected chi connectivity index (χ2v) is 9.09. The van der Waals surface area contributed by atoms with Crippen LogP contribution in [-0.4, -0.2) is 39.3 Å². The largest absolute Gasteiger partial charge is 0.507 e. The molecule has 0 spiro atoms. The lowest BCUT2D eigenvalue weighted by molar-refractivity contribution is 0.0764. The molecule has 33 heavy (non-hydrogen) atoms. The summed E-state index contributed by atoms with van der Waals surface area (Å²) in [6, 6.07) is 11.3. The first kappa shape index (κ1) is 22.6. The van der Waals surface area contributed by atoms with Crippen LogP contribution in [0, 0.1) is 19.8 Å². The smallest absolute Gasteiger partial charge is 0.273 e. The summed E-state index contributed by atoms with van der Waals surface area (Å²) in [5, 5.41) is 18.2. The molecule has 0 bridgehead atoms. The molecule has 4 rings (SSSR count). The number of aryl methyl sites for hydroxylation is 2. The maximum Gasteiger partial charge on any atom is 0.273 e. The number of rotatable bonds is 8. The molecule has 0 radical (unpaired) electrons. The fraction of sp³-hybridized carbons (Fsp3) is 0.333. The average Bonchev–Trinajstić information content (AvgIpc) is 3.30. The van der Waals surface area contributed by atoms with E-state index in [1.54, 1.807) is 11.0 Å². The molecule has 1 unspecified atom stereocenters. The molecule has 3 aromatic rings. The van der Waals surface area contributed by atoms with Crippen LogP contribution in [0.5, 0.6) is 11.5 Å². The molecule has 0 fully saturated rings. The van der Waals surface area contributed by atoms with Crippen LogP contribution in [0.4, 0.5) is 0 Å². The van der Waals surface area contributed by atoms with Gasteiger partial charge in [-0.15, -0.1) is 6.58 Å². The fourth-order valence-electron chi connectivity index (χ4n) is 4.40. The third-order valence-electron chi connectivity index (χ3n) is 6.03. The number of ether oxygens (including phenoxy) is 1. The Kier molecular flexibility index (Phi) is 6.27. The maximum absolute atomic E-state index is 13.3. The van der Waals surface area contributed by atoms with Gasteiger partial charge in [-0.2, -0.15) is 5.10 Å². The topological polar surface area (TPSA) is 78.5 Å². The predicted octanol–water partition coefficient (Wildman–Crippen LogP) is 5.56. The molecule has 0 aliphatic carbocycles. The van der Waals surface area contributed by atoms with Crippen LogP contribution in [0.25, 0.3) is 11.3 Å². The minimum atomic E-state index is -0.367. The van der Waals surface area contributed by atoms with Crippen LogP contribution in [-0.2, 0) is 0 Å². The summed E-state index contributed by atoms with van der Waals surface area (Å²) in [7, 11) is 0. The summed E-state index contributed by atoms with van der Waals surface area (Å²) in [6.45, 7) is 13.1. The Morgan fingerprint density at radius 1 is 1.27 bits per heavy atom. The number of amides is 1. The van der Waals surface area contributed by atoms with Gasteiger partial charge in [0.05, 0.1) is 12.6 Å². The van der Waals surface area contributed by atoms with Gasteiger partial charge in [0.15, 0.2) is 0 Å². The van der Waals surface area contributed by atoms with Crippen LogP contribution < -0.4 is 4.74 Å². The predicted molar refractivity (Wildman–Crippen MR) is 130 cm³/mol. The summed E-state index contributed by atoms with van der Waals surface area (Å²) in [4.78, 5) is 15.0. The second kappa shape index (κ2) is 9.14. The van der Waals surface area contributed by atoms with E-state index in [1.165, 1.54) is 0 Å². The fourth-order valence-corrected chi connectivity index (χ4v) is 4.40. The molecule has 1 amide bonds. The van der Waals surface area contributed by atoms with E-state index in [-0.39, 0.29) is 17.7 Å². The van der Waals surface area contributed by atoms with Gasteiger partial charge < -0.3 is 14.7 Å². The molecule has 6 heteroatoms. The molecule has 172 valence electrons. The van der Waals surface area contributed by atoms with Gasteiger partial charge in [-0.3, -0.25) is 9.89 Å². The highest BCUT2D eigenvalue weighted by Gasteiger charge is 2.42. The molecular formula is C27H31N3O3. The molecule has 0 saturated heterocycles. The lowest BCUT2D eigenvalue weighted by Gasteiger charge is -2.25. The standard InChI is InChI=1S/C27H31N3O3/c1-6-11-30-25(19-8-7-9-20(15-19)33-12-10-16(2)3)22-23(28-29-24(22)27(30)32)21-14-17(4)13-18(5)26(21)31/h6-9,13-16,25,31H,1,10-12H2,2-5H3,(H,28,29). The van der Waals surface area contributed by atoms with Crippen molar-refractivity contribution in [3.05, 3.63) is 77.0 Å². The summed E-state index contributed by atoms with van der Waals surface area (Å²) in [5.74, 6) is 1.37. The highest BCUT2D eigenvalue weighted by Crippen LogP contribution is 2.45. The van der Waals surface area contributed by atoms with Gasteiger partial charge in [-0.1, -0.05) is 38.1 Å². The van der Waals surface area contributed by atoms with E-state index < -0.39 is 0 Å². The number of benzene rings is 2. The summed E-state index contributed by atoms with van der Waals surface area (Å²) < 4.78 is 5.99. The van der Waals surface area contributed by atoms with Gasteiger partial charge in [0.25, 0.3) is 5.91 Å². The van der Waals surface area contributed by atoms with E-state index >= 15 is 0 Å². The quantitative estimate of drug-likeness (QED) is 0.445. The van der Waals surface area contributed by atoms with E-state index in [0.29, 0.717) is 36.0 Å². The third-order valence-corrected chi connectivity index (χ3v) is 6.03. The number of nitrogens with zero attached hydrogens (tertiary/aromatic N) is 2. The Labute approximate surface area is 194 Å². The van der Waals surface area contributed by atoms with Crippen molar-refractivity contribution in [2.45, 2.75) is 40.2 Å². The molecule has 0 saturated carbocycles. The lowest BCUT2D eigenvalue weighted by atomic mass is 9.94. The minimum Gasteiger partial charge on any atom is -0.507 e. The molecule has 1 aromatic heterocycles. The first-order chi connectivity index (χ1) is 15.8. The van der Waals surface area contributed by atoms with Gasteiger partial charge in [0, 0.05) is 17.7 Å². The number of aromatic amines is 1. The van der Waals surface area contributed by atoms with Crippen LogP contribution in [0.15, 0.2) is 49.1 Å². The Morgan fingerprint density at radius 3 is 2.79 bits per heavy atom. The Bertz CT molecular complexity index is 1200. The van der Waals surface area contributed by atoms with Crippen LogP contribution in [0.3, 0.4) is 0 Å². The Morgan fingerprint density at radius 2 is 2.06 bits per heavy atom. The third kappa shape index (κ3) is 4.25. The SMILES string of the molecule is C=CCN1C(=O)c2[nH]nc(-c3cc(C)cc(C)c3O)c2C1c1cccc(OCCC(C)C)c1. The van der Waals surface area contributed by atoms with Crippen molar-refractivity contribution in [2.24, 2.45) is 5.92 Å². The lowest BCUT2D eigenvalue weighted by Crippen LogP contribution is -2.29. The minimum absolute atomic E-state index is 0.136. The van der Waals surface area contributed by atoms with Gasteiger partial charge in [0.1, 0.15) is 22.9 Å². The molecule has 1 aliphatic heterocycles. The normalized spacial score (nSPS) is 15.2. The van der Waals surface area contributed by atoms with E-state index in [4.69, 9.17) is 4.74 Å². The van der Waals surface area contributed by atoms with Crippen molar-refractivity contribution in [3.63, 3.8) is 0 Å². The van der Waals surface area contributed by atoms with E-state index in [2.05, 4.69) is 30.6 Å². The number of carbonyl (C=O) groups is 1. The molecule has 1 aliphatic rings. The van der Waals surface area contributed by atoms with Gasteiger partial charge in [-0.05, 0) is 61.1 Å². The average molecular weight is 446 g/mol. The highest BCUT2D eigenvalue weighted by atomic mass is 16.5. The molecule has 1 atom stereocenters. The Balaban J connectivity index is 1.81. The number of hydrogen-bond acceptors (Lipinski definition) is 4. The summed E-state index contributed by atoms with van der Waals surface area (Å²) in [6.07, 6.45) is 2.69. The maximum atomic E-state index is 13.3. The second-order valence-electron chi connectivity index (χ2n) is 9.09. The number of carbonyl (C=O) groups excluding carboxylic acids is 1. The first-order valence-corrected chi connectivity index (χ1v) is 11.3. The number of phenols is 1. The van der Waals surface area contributed by atoms with Gasteiger partial charge in [0.2, 0.25) is 0 Å². The van der Waals surface area contributed by atoms with Crippen molar-refractivity contribution < 1.29 is 14.6 Å². The molecule has 2 heterocycles. The zero-order chi connectivity index (χ0) is 23.7. The first-order valence-electron chi connectivity index (χ1n) is 11.3. The van der Waals surface area contributed by atoms with Crippen LogP contribution in [0.1, 0.15) is 59.1 Å². The van der Waals surface area contributed by atoms with E-state index in [0.717, 1.165) is 34.4 Å². The number of hydrogen-bond donors (Lipinski definition) is 2. The number of fused-ring (bicyclic) bond motifs is 1. The summed E-state index contributed by atoms with van der Waals surface area (Å²) in [5.41, 5.74) is 5.13. The van der Waals surface area contributed by atoms with E-state index in [9.17, 15) is 9.90 Å². The molecule has 6 nitrogen and oxygen atoms in total. The van der Waals surface area contributed by atoms with Crippen molar-refractivity contribution >= 4 is 5.91 Å². The molecule has 2 N–H and O–H groups in total. The summed E-state index contributed by atoms with van der Waals surface area (Å²) >= 11 is 0. The molecule has 2 aromatic carbocycles. The number of aromatic nitrogens is 2. The van der Waals surface area contributed by atoms with Gasteiger partial charge in [-0.25, -0.2) is 0 Å². The van der Waals surface area contributed by atoms with Crippen molar-refractivity contribution in [3.8, 4) is 22.8 Å². The van der Waals surface area contributed by atoms with Crippen LogP contribution >= 0.6 is 0 Å². The van der Waals surface area contributed by atoms with E-state index in [1.807, 2.05) is 50.2 Å². The number of nitrogens with one attached hydrogen (secondary N) is 1. The van der Waals surface area contributed by atoms with Crippen molar-refractivity contribution in [2.75, 3.05) is 13.2 Å². The van der Waals surface area contributed by atoms with Crippen LogP contribution in [0.2, 0.25) is 0 Å². The molecular weight excluding hydrogens is 414 g/mol. The van der Waals surface area contributed by atoms with Crippen molar-refractivity contribution in [1.29, 1.82) is 0 Å². The highest BCUT2D eigenvalue weighted by molar-refractivity contribution is 6.00. The zero-order valence-electron chi connectivity index (χ0n) is 19.7.